The van der Waals surface area contributed by atoms with Gasteiger partial charge in [-0.3, -0.25) is 0 Å². The zero-order valence-electron chi connectivity index (χ0n) is 12.1. The zero-order chi connectivity index (χ0) is 14.8. The Kier molecular flexibility index (Phi) is 7.65. The smallest absolute Gasteiger partial charge is 0.331 e. The molecule has 0 fully saturated rings. The number of esters is 1. The summed E-state index contributed by atoms with van der Waals surface area (Å²) in [5, 5.41) is 0. The van der Waals surface area contributed by atoms with Crippen molar-refractivity contribution >= 4 is 17.7 Å². The first-order valence-electron chi connectivity index (χ1n) is 6.73. The van der Waals surface area contributed by atoms with Gasteiger partial charge < -0.3 is 15.2 Å². The van der Waals surface area contributed by atoms with Crippen molar-refractivity contribution in [2.75, 3.05) is 31.8 Å². The Morgan fingerprint density at radius 2 is 2.05 bits per heavy atom. The Morgan fingerprint density at radius 3 is 2.65 bits per heavy atom. The van der Waals surface area contributed by atoms with Gasteiger partial charge in [-0.05, 0) is 24.7 Å². The van der Waals surface area contributed by atoms with Crippen molar-refractivity contribution in [3.05, 3.63) is 35.9 Å². The Bertz CT molecular complexity index is 399. The van der Waals surface area contributed by atoms with Crippen LogP contribution in [-0.2, 0) is 19.8 Å². The van der Waals surface area contributed by atoms with Crippen LogP contribution in [0.25, 0.3) is 0 Å². The number of rotatable bonds is 9. The molecule has 1 rings (SSSR count). The van der Waals surface area contributed by atoms with Crippen molar-refractivity contribution in [2.24, 2.45) is 5.73 Å². The lowest BCUT2D eigenvalue weighted by Gasteiger charge is -2.27. The maximum absolute atomic E-state index is 12.2. The van der Waals surface area contributed by atoms with Crippen LogP contribution >= 0.6 is 11.8 Å². The van der Waals surface area contributed by atoms with E-state index in [4.69, 9.17) is 15.2 Å². The third kappa shape index (κ3) is 4.81. The highest BCUT2D eigenvalue weighted by Crippen LogP contribution is 2.25. The van der Waals surface area contributed by atoms with Gasteiger partial charge in [-0.2, -0.15) is 11.8 Å². The Hall–Kier alpha value is -1.04. The first kappa shape index (κ1) is 17.0. The van der Waals surface area contributed by atoms with E-state index in [-0.39, 0.29) is 5.97 Å². The summed E-state index contributed by atoms with van der Waals surface area (Å²) in [6.45, 7) is 2.84. The Morgan fingerprint density at radius 1 is 1.35 bits per heavy atom. The first-order chi connectivity index (χ1) is 9.65. The van der Waals surface area contributed by atoms with Crippen LogP contribution in [0.1, 0.15) is 18.9 Å². The first-order valence-corrected chi connectivity index (χ1v) is 7.89. The fraction of sp³-hybridized carbons (Fsp3) is 0.533. The summed E-state index contributed by atoms with van der Waals surface area (Å²) in [6, 6.07) is 9.40. The molecule has 112 valence electrons. The van der Waals surface area contributed by atoms with Crippen LogP contribution in [0.4, 0.5) is 0 Å². The molecule has 0 spiro atoms. The molecule has 4 nitrogen and oxygen atoms in total. The quantitative estimate of drug-likeness (QED) is 0.559. The summed E-state index contributed by atoms with van der Waals surface area (Å²) in [4.78, 5) is 12.2. The minimum atomic E-state index is -1.09. The van der Waals surface area contributed by atoms with Gasteiger partial charge in [0.25, 0.3) is 0 Å². The van der Waals surface area contributed by atoms with Crippen LogP contribution in [0.3, 0.4) is 0 Å². The number of hydrogen-bond acceptors (Lipinski definition) is 5. The van der Waals surface area contributed by atoms with Crippen LogP contribution in [0.2, 0.25) is 0 Å². The maximum Gasteiger partial charge on any atom is 0.331 e. The molecule has 0 aliphatic rings. The molecular formula is C15H23NO3S. The summed E-state index contributed by atoms with van der Waals surface area (Å²) in [5.41, 5.74) is 6.04. The molecule has 0 aliphatic heterocycles. The van der Waals surface area contributed by atoms with E-state index in [0.29, 0.717) is 12.4 Å². The van der Waals surface area contributed by atoms with Crippen molar-refractivity contribution < 1.29 is 14.3 Å². The molecule has 0 aromatic heterocycles. The molecule has 0 radical (unpaired) electrons. The average Bonchev–Trinajstić information content (AvgIpc) is 2.48. The van der Waals surface area contributed by atoms with Crippen LogP contribution < -0.4 is 5.73 Å². The van der Waals surface area contributed by atoms with E-state index >= 15 is 0 Å². The molecule has 1 aromatic rings. The number of thioether (sulfide) groups is 1. The Labute approximate surface area is 125 Å². The lowest BCUT2D eigenvalue weighted by atomic mass is 9.93. The molecule has 5 heteroatoms. The van der Waals surface area contributed by atoms with Crippen LogP contribution in [0, 0.1) is 0 Å². The summed E-state index contributed by atoms with van der Waals surface area (Å²) >= 11 is 1.64. The number of benzene rings is 1. The zero-order valence-corrected chi connectivity index (χ0v) is 12.9. The van der Waals surface area contributed by atoms with Gasteiger partial charge in [0.05, 0.1) is 6.61 Å². The molecule has 2 N–H and O–H groups in total. The molecule has 0 aliphatic carbocycles. The Balaban J connectivity index is 2.72. The number of carbonyl (C=O) groups excluding carboxylic acids is 1. The van der Waals surface area contributed by atoms with Gasteiger partial charge in [0.1, 0.15) is 5.54 Å². The SMILES string of the molecule is CCOC(=O)C(N)(CSCCCOC)c1ccccc1. The number of ether oxygens (including phenoxy) is 2. The van der Waals surface area contributed by atoms with Crippen molar-refractivity contribution in [2.45, 2.75) is 18.9 Å². The molecule has 0 bridgehead atoms. The summed E-state index contributed by atoms with van der Waals surface area (Å²) in [5.74, 6) is 1.03. The van der Waals surface area contributed by atoms with E-state index < -0.39 is 5.54 Å². The third-order valence-corrected chi connectivity index (χ3v) is 4.13. The van der Waals surface area contributed by atoms with Crippen molar-refractivity contribution in [3.8, 4) is 0 Å². The van der Waals surface area contributed by atoms with Crippen molar-refractivity contribution in [3.63, 3.8) is 0 Å². The predicted octanol–water partition coefficient (Wildman–Crippen LogP) is 2.17. The molecule has 0 saturated carbocycles. The summed E-state index contributed by atoms with van der Waals surface area (Å²) in [6.07, 6.45) is 0.939. The molecule has 20 heavy (non-hydrogen) atoms. The van der Waals surface area contributed by atoms with Gasteiger partial charge in [0.2, 0.25) is 0 Å². The molecule has 0 saturated heterocycles. The average molecular weight is 297 g/mol. The highest BCUT2D eigenvalue weighted by molar-refractivity contribution is 7.99. The minimum Gasteiger partial charge on any atom is -0.464 e. The standard InChI is InChI=1S/C15H23NO3S/c1-3-19-14(17)15(16,12-20-11-7-10-18-2)13-8-5-4-6-9-13/h4-6,8-9H,3,7,10-12,16H2,1-2H3. The molecule has 1 atom stereocenters. The fourth-order valence-corrected chi connectivity index (χ4v) is 2.87. The van der Waals surface area contributed by atoms with Crippen LogP contribution in [0.5, 0.6) is 0 Å². The van der Waals surface area contributed by atoms with E-state index in [1.165, 1.54) is 0 Å². The van der Waals surface area contributed by atoms with Gasteiger partial charge in [0.15, 0.2) is 0 Å². The fourth-order valence-electron chi connectivity index (χ4n) is 1.79. The van der Waals surface area contributed by atoms with E-state index in [1.807, 2.05) is 30.3 Å². The molecule has 1 unspecified atom stereocenters. The molecular weight excluding hydrogens is 274 g/mol. The van der Waals surface area contributed by atoms with E-state index in [9.17, 15) is 4.79 Å². The van der Waals surface area contributed by atoms with E-state index in [0.717, 1.165) is 24.3 Å². The molecule has 0 amide bonds. The second-order valence-corrected chi connectivity index (χ2v) is 5.56. The number of methoxy groups -OCH3 is 1. The minimum absolute atomic E-state index is 0.332. The summed E-state index contributed by atoms with van der Waals surface area (Å²) in [7, 11) is 1.68. The number of carbonyl (C=O) groups is 1. The van der Waals surface area contributed by atoms with Crippen LogP contribution in [0.15, 0.2) is 30.3 Å². The molecule has 0 heterocycles. The highest BCUT2D eigenvalue weighted by atomic mass is 32.2. The molecule has 1 aromatic carbocycles. The second-order valence-electron chi connectivity index (χ2n) is 4.46. The monoisotopic (exact) mass is 297 g/mol. The third-order valence-electron chi connectivity index (χ3n) is 2.90. The lowest BCUT2D eigenvalue weighted by Crippen LogP contribution is -2.48. The van der Waals surface area contributed by atoms with Crippen molar-refractivity contribution in [1.29, 1.82) is 0 Å². The lowest BCUT2D eigenvalue weighted by molar-refractivity contribution is -0.149. The summed E-state index contributed by atoms with van der Waals surface area (Å²) < 4.78 is 10.1. The van der Waals surface area contributed by atoms with E-state index in [2.05, 4.69) is 0 Å². The van der Waals surface area contributed by atoms with Crippen LogP contribution in [-0.4, -0.2) is 37.8 Å². The van der Waals surface area contributed by atoms with Gasteiger partial charge in [-0.15, -0.1) is 0 Å². The van der Waals surface area contributed by atoms with E-state index in [1.54, 1.807) is 25.8 Å². The normalized spacial score (nSPS) is 13.8. The number of hydrogen-bond donors (Lipinski definition) is 1. The van der Waals surface area contributed by atoms with Gasteiger partial charge in [-0.25, -0.2) is 4.79 Å². The topological polar surface area (TPSA) is 61.5 Å². The number of nitrogens with two attached hydrogens (primary N) is 1. The second kappa shape index (κ2) is 9.00. The van der Waals surface area contributed by atoms with Gasteiger partial charge in [-0.1, -0.05) is 30.3 Å². The largest absolute Gasteiger partial charge is 0.464 e. The highest BCUT2D eigenvalue weighted by Gasteiger charge is 2.37. The maximum atomic E-state index is 12.2. The van der Waals surface area contributed by atoms with Crippen molar-refractivity contribution in [1.82, 2.24) is 0 Å². The van der Waals surface area contributed by atoms with Gasteiger partial charge >= 0.3 is 5.97 Å². The van der Waals surface area contributed by atoms with Gasteiger partial charge in [0, 0.05) is 19.5 Å². The predicted molar refractivity (Wildman–Crippen MR) is 82.8 cm³/mol.